The number of furan rings is 1. The van der Waals surface area contributed by atoms with Crippen LogP contribution in [0.5, 0.6) is 5.75 Å². The molecule has 0 fully saturated rings. The molecule has 0 radical (unpaired) electrons. The second kappa shape index (κ2) is 9.65. The number of hydrogen-bond donors (Lipinski definition) is 1. The van der Waals surface area contributed by atoms with Crippen LogP contribution in [-0.4, -0.2) is 26.6 Å². The molecule has 0 unspecified atom stereocenters. The summed E-state index contributed by atoms with van der Waals surface area (Å²) in [5.41, 5.74) is 6.32. The number of benzene rings is 3. The van der Waals surface area contributed by atoms with Crippen LogP contribution in [0.1, 0.15) is 19.4 Å². The summed E-state index contributed by atoms with van der Waals surface area (Å²) in [5, 5.41) is 3.92. The first-order valence-electron chi connectivity index (χ1n) is 11.0. The molecule has 1 N–H and O–H groups in total. The molecule has 0 aliphatic heterocycles. The Morgan fingerprint density at radius 3 is 2.45 bits per heavy atom. The Balaban J connectivity index is 1.66. The molecule has 3 aromatic carbocycles. The molecule has 0 spiro atoms. The molecule has 0 bridgehead atoms. The zero-order valence-electron chi connectivity index (χ0n) is 19.4. The molecule has 0 saturated carbocycles. The first-order valence-corrected chi connectivity index (χ1v) is 11.0. The maximum atomic E-state index is 12.7. The van der Waals surface area contributed by atoms with E-state index in [0.717, 1.165) is 44.6 Å². The van der Waals surface area contributed by atoms with Crippen molar-refractivity contribution in [1.82, 2.24) is 0 Å². The number of nitrogens with zero attached hydrogens (tertiary/aromatic N) is 1. The van der Waals surface area contributed by atoms with Crippen LogP contribution in [-0.2, 0) is 4.79 Å². The Hall–Kier alpha value is -3.99. The Morgan fingerprint density at radius 1 is 1.06 bits per heavy atom. The van der Waals surface area contributed by atoms with Gasteiger partial charge in [0.05, 0.1) is 12.9 Å². The number of rotatable bonds is 7. The lowest BCUT2D eigenvalue weighted by Crippen LogP contribution is -2.10. The fourth-order valence-corrected chi connectivity index (χ4v) is 3.78. The van der Waals surface area contributed by atoms with Gasteiger partial charge < -0.3 is 19.4 Å². The lowest BCUT2D eigenvalue weighted by atomic mass is 9.99. The molecule has 33 heavy (non-hydrogen) atoms. The van der Waals surface area contributed by atoms with E-state index in [4.69, 9.17) is 9.15 Å². The van der Waals surface area contributed by atoms with Gasteiger partial charge in [0, 0.05) is 54.1 Å². The highest BCUT2D eigenvalue weighted by Crippen LogP contribution is 2.37. The largest absolute Gasteiger partial charge is 0.493 e. The van der Waals surface area contributed by atoms with Crippen LogP contribution in [0.4, 0.5) is 11.4 Å². The van der Waals surface area contributed by atoms with Gasteiger partial charge >= 0.3 is 0 Å². The molecular formula is C28H28N2O3. The van der Waals surface area contributed by atoms with Gasteiger partial charge in [0.25, 0.3) is 0 Å². The summed E-state index contributed by atoms with van der Waals surface area (Å²) < 4.78 is 11.7. The van der Waals surface area contributed by atoms with Crippen molar-refractivity contribution in [3.05, 3.63) is 84.6 Å². The van der Waals surface area contributed by atoms with Gasteiger partial charge in [0.2, 0.25) is 5.91 Å². The number of carbonyl (C=O) groups is 1. The maximum Gasteiger partial charge on any atom is 0.248 e. The van der Waals surface area contributed by atoms with E-state index in [0.29, 0.717) is 12.4 Å². The third kappa shape index (κ3) is 4.93. The number of hydrogen-bond acceptors (Lipinski definition) is 4. The van der Waals surface area contributed by atoms with Crippen LogP contribution in [0.2, 0.25) is 0 Å². The monoisotopic (exact) mass is 440 g/mol. The second-order valence-corrected chi connectivity index (χ2v) is 8.05. The average Bonchev–Trinajstić information content (AvgIpc) is 3.22. The number of amides is 1. The minimum atomic E-state index is -0.192. The predicted octanol–water partition coefficient (Wildman–Crippen LogP) is 6.61. The maximum absolute atomic E-state index is 12.7. The molecule has 5 nitrogen and oxygen atoms in total. The van der Waals surface area contributed by atoms with Crippen LogP contribution >= 0.6 is 0 Å². The number of carbonyl (C=O) groups excluding carboxylic acids is 1. The van der Waals surface area contributed by atoms with Gasteiger partial charge in [-0.05, 0) is 55.3 Å². The predicted molar refractivity (Wildman–Crippen MR) is 136 cm³/mol. The second-order valence-electron chi connectivity index (χ2n) is 8.05. The Labute approximate surface area is 194 Å². The molecule has 0 atom stereocenters. The van der Waals surface area contributed by atoms with Crippen molar-refractivity contribution in [2.24, 2.45) is 0 Å². The van der Waals surface area contributed by atoms with Gasteiger partial charge in [-0.2, -0.15) is 0 Å². The summed E-state index contributed by atoms with van der Waals surface area (Å²) in [5.74, 6) is 0.499. The van der Waals surface area contributed by atoms with Crippen molar-refractivity contribution in [1.29, 1.82) is 0 Å². The Bertz CT molecular complexity index is 1290. The van der Waals surface area contributed by atoms with Crippen molar-refractivity contribution in [2.45, 2.75) is 13.8 Å². The van der Waals surface area contributed by atoms with Crippen molar-refractivity contribution in [3.63, 3.8) is 0 Å². The van der Waals surface area contributed by atoms with E-state index >= 15 is 0 Å². The summed E-state index contributed by atoms with van der Waals surface area (Å²) in [7, 11) is 3.96. The number of nitrogens with one attached hydrogen (secondary N) is 1. The molecule has 1 heterocycles. The molecule has 5 heteroatoms. The summed E-state index contributed by atoms with van der Waals surface area (Å²) >= 11 is 0. The molecule has 1 aromatic heterocycles. The SMILES string of the molecule is CCOc1cc2occ(-c3ccccc3)c2cc1/C(C)=C/C(=O)Nc1ccc(N(C)C)cc1. The van der Waals surface area contributed by atoms with Gasteiger partial charge in [0.15, 0.2) is 0 Å². The van der Waals surface area contributed by atoms with Gasteiger partial charge in [-0.25, -0.2) is 0 Å². The van der Waals surface area contributed by atoms with Crippen molar-refractivity contribution in [3.8, 4) is 16.9 Å². The van der Waals surface area contributed by atoms with Crippen LogP contribution in [0, 0.1) is 0 Å². The zero-order chi connectivity index (χ0) is 23.4. The van der Waals surface area contributed by atoms with E-state index in [9.17, 15) is 4.79 Å². The minimum Gasteiger partial charge on any atom is -0.493 e. The highest BCUT2D eigenvalue weighted by molar-refractivity contribution is 6.05. The summed E-state index contributed by atoms with van der Waals surface area (Å²) in [6.45, 7) is 4.37. The fraction of sp³-hybridized carbons (Fsp3) is 0.179. The first kappa shape index (κ1) is 22.2. The van der Waals surface area contributed by atoms with Crippen LogP contribution in [0.25, 0.3) is 27.7 Å². The molecule has 4 rings (SSSR count). The molecular weight excluding hydrogens is 412 g/mol. The topological polar surface area (TPSA) is 54.7 Å². The van der Waals surface area contributed by atoms with E-state index in [1.165, 1.54) is 0 Å². The Morgan fingerprint density at radius 2 is 1.79 bits per heavy atom. The number of allylic oxidation sites excluding steroid dienone is 1. The van der Waals surface area contributed by atoms with Crippen LogP contribution < -0.4 is 15.0 Å². The van der Waals surface area contributed by atoms with Gasteiger partial charge in [0.1, 0.15) is 11.3 Å². The van der Waals surface area contributed by atoms with E-state index in [1.807, 2.05) is 87.4 Å². The highest BCUT2D eigenvalue weighted by atomic mass is 16.5. The summed E-state index contributed by atoms with van der Waals surface area (Å²) in [4.78, 5) is 14.7. The van der Waals surface area contributed by atoms with Crippen LogP contribution in [0.15, 0.2) is 83.5 Å². The minimum absolute atomic E-state index is 0.192. The third-order valence-corrected chi connectivity index (χ3v) is 5.48. The molecule has 0 saturated heterocycles. The molecule has 1 amide bonds. The molecule has 4 aromatic rings. The summed E-state index contributed by atoms with van der Waals surface area (Å²) in [6.07, 6.45) is 3.37. The standard InChI is InChI=1S/C28H28N2O3/c1-5-32-26-17-27-24(25(18-33-27)20-9-7-6-8-10-20)16-23(26)19(2)15-28(31)29-21-11-13-22(14-12-21)30(3)4/h6-18H,5H2,1-4H3,(H,29,31)/b19-15+. The third-order valence-electron chi connectivity index (χ3n) is 5.48. The average molecular weight is 441 g/mol. The van der Waals surface area contributed by atoms with E-state index in [-0.39, 0.29) is 5.91 Å². The number of fused-ring (bicyclic) bond motifs is 1. The molecule has 0 aliphatic rings. The van der Waals surface area contributed by atoms with Gasteiger partial charge in [-0.15, -0.1) is 0 Å². The zero-order valence-corrected chi connectivity index (χ0v) is 19.4. The van der Waals surface area contributed by atoms with E-state index < -0.39 is 0 Å². The van der Waals surface area contributed by atoms with Crippen LogP contribution in [0.3, 0.4) is 0 Å². The lowest BCUT2D eigenvalue weighted by Gasteiger charge is -2.13. The lowest BCUT2D eigenvalue weighted by molar-refractivity contribution is -0.111. The smallest absolute Gasteiger partial charge is 0.248 e. The van der Waals surface area contributed by atoms with E-state index in [1.54, 1.807) is 12.3 Å². The highest BCUT2D eigenvalue weighted by Gasteiger charge is 2.15. The number of anilines is 2. The van der Waals surface area contributed by atoms with Crippen molar-refractivity contribution in [2.75, 3.05) is 30.9 Å². The van der Waals surface area contributed by atoms with Crippen molar-refractivity contribution >= 4 is 33.8 Å². The van der Waals surface area contributed by atoms with Gasteiger partial charge in [-0.3, -0.25) is 4.79 Å². The fourth-order valence-electron chi connectivity index (χ4n) is 3.78. The first-order chi connectivity index (χ1) is 16.0. The van der Waals surface area contributed by atoms with E-state index in [2.05, 4.69) is 17.4 Å². The summed E-state index contributed by atoms with van der Waals surface area (Å²) in [6, 6.07) is 21.8. The number of ether oxygens (including phenoxy) is 1. The van der Waals surface area contributed by atoms with Crippen molar-refractivity contribution < 1.29 is 13.9 Å². The Kier molecular flexibility index (Phi) is 6.50. The molecule has 168 valence electrons. The normalized spacial score (nSPS) is 11.5. The molecule has 0 aliphatic carbocycles. The quantitative estimate of drug-likeness (QED) is 0.329. The van der Waals surface area contributed by atoms with Gasteiger partial charge in [-0.1, -0.05) is 30.3 Å².